The summed E-state index contributed by atoms with van der Waals surface area (Å²) < 4.78 is 0. The molecule has 11 heteroatoms. The third-order valence-corrected chi connectivity index (χ3v) is 7.65. The number of rotatable bonds is 5. The van der Waals surface area contributed by atoms with Gasteiger partial charge in [0, 0.05) is 20.1 Å². The summed E-state index contributed by atoms with van der Waals surface area (Å²) in [6.07, 6.45) is 6.70. The van der Waals surface area contributed by atoms with Gasteiger partial charge in [0.15, 0.2) is 21.8 Å². The van der Waals surface area contributed by atoms with Crippen LogP contribution in [0.1, 0.15) is 6.42 Å². The molecule has 1 amide bonds. The lowest BCUT2D eigenvalue weighted by Gasteiger charge is -2.28. The summed E-state index contributed by atoms with van der Waals surface area (Å²) in [4.78, 5) is 31.3. The van der Waals surface area contributed by atoms with Crippen LogP contribution in [0.5, 0.6) is 0 Å². The van der Waals surface area contributed by atoms with Gasteiger partial charge in [0.1, 0.15) is 10.4 Å². The minimum Gasteiger partial charge on any atom is -0.378 e. The van der Waals surface area contributed by atoms with E-state index in [0.29, 0.717) is 32.9 Å². The molecule has 3 heterocycles. The summed E-state index contributed by atoms with van der Waals surface area (Å²) in [6, 6.07) is -0.125. The Morgan fingerprint density at radius 1 is 1.30 bits per heavy atom. The van der Waals surface area contributed by atoms with Gasteiger partial charge in [-0.3, -0.25) is 4.79 Å². The number of nitrogens with zero attached hydrogens (tertiary/aromatic N) is 4. The summed E-state index contributed by atoms with van der Waals surface area (Å²) in [5.41, 5.74) is 7.52. The molecular weight excluding hydrogens is 445 g/mol. The molecular formula is C19H19Cl2N7OS. The number of pyridine rings is 1. The number of halogens is 2. The van der Waals surface area contributed by atoms with E-state index in [9.17, 15) is 4.79 Å². The van der Waals surface area contributed by atoms with Crippen molar-refractivity contribution in [3.63, 3.8) is 0 Å². The number of nitrogens with two attached hydrogens (primary N) is 1. The molecule has 4 N–H and O–H groups in total. The fraction of sp³-hybridized carbons (Fsp3) is 0.368. The van der Waals surface area contributed by atoms with Crippen LogP contribution in [0.15, 0.2) is 18.3 Å². The van der Waals surface area contributed by atoms with Crippen molar-refractivity contribution >= 4 is 62.4 Å². The fourth-order valence-electron chi connectivity index (χ4n) is 4.38. The van der Waals surface area contributed by atoms with Crippen molar-refractivity contribution in [2.24, 2.45) is 23.5 Å². The highest BCUT2D eigenvalue weighted by molar-refractivity contribution is 7.19. The minimum absolute atomic E-state index is 0.125. The summed E-state index contributed by atoms with van der Waals surface area (Å²) in [5, 5.41) is 5.06. The van der Waals surface area contributed by atoms with Crippen LogP contribution >= 0.6 is 34.5 Å². The lowest BCUT2D eigenvalue weighted by molar-refractivity contribution is -0.122. The Labute approximate surface area is 186 Å². The molecule has 1 saturated carbocycles. The molecule has 3 aromatic heterocycles. The number of carbonyl (C=O) groups is 1. The average molecular weight is 464 g/mol. The van der Waals surface area contributed by atoms with Crippen LogP contribution in [-0.2, 0) is 4.79 Å². The van der Waals surface area contributed by atoms with Crippen LogP contribution in [0.2, 0.25) is 10.2 Å². The van der Waals surface area contributed by atoms with Gasteiger partial charge in [-0.1, -0.05) is 46.7 Å². The molecule has 0 aliphatic heterocycles. The van der Waals surface area contributed by atoms with Gasteiger partial charge in [0.25, 0.3) is 0 Å². The maximum Gasteiger partial charge on any atom is 0.223 e. The first-order valence-electron chi connectivity index (χ1n) is 9.46. The number of carbonyl (C=O) groups excluding carboxylic acids is 1. The molecule has 1 fully saturated rings. The molecule has 0 radical (unpaired) electrons. The molecule has 156 valence electrons. The Morgan fingerprint density at radius 3 is 2.77 bits per heavy atom. The van der Waals surface area contributed by atoms with Crippen LogP contribution in [-0.4, -0.2) is 46.0 Å². The van der Waals surface area contributed by atoms with Gasteiger partial charge in [0.2, 0.25) is 5.91 Å². The second-order valence-corrected chi connectivity index (χ2v) is 9.57. The van der Waals surface area contributed by atoms with Gasteiger partial charge >= 0.3 is 0 Å². The molecule has 0 aromatic carbocycles. The average Bonchev–Trinajstić information content (AvgIpc) is 3.45. The van der Waals surface area contributed by atoms with Crippen LogP contribution in [0.3, 0.4) is 0 Å². The summed E-state index contributed by atoms with van der Waals surface area (Å²) in [6.45, 7) is 0. The number of allylic oxidation sites excluding steroid dienone is 1. The molecule has 5 rings (SSSR count). The summed E-state index contributed by atoms with van der Waals surface area (Å²) in [5.74, 6) is 0.383. The van der Waals surface area contributed by atoms with E-state index in [1.165, 1.54) is 11.3 Å². The highest BCUT2D eigenvalue weighted by atomic mass is 35.5. The maximum absolute atomic E-state index is 12.1. The molecule has 0 spiro atoms. The minimum atomic E-state index is -0.302. The zero-order valence-corrected chi connectivity index (χ0v) is 18.5. The fourth-order valence-corrected chi connectivity index (χ4v) is 5.74. The number of thiazole rings is 1. The standard InChI is InChI=1S/C19H19Cl2N7OS/c1-28(2)19-26-15(21)14(30-19)18-25-13-12(9(20)6-23-17(13)27-18)24-11-8-4-3-7(5-8)10(11)16(22)29/h3-4,6-8,10-11H,5H2,1-2H3,(H2,22,29)(H2,23,24,25,27)/t7-,8+,10+,11?/m1/s1. The van der Waals surface area contributed by atoms with E-state index < -0.39 is 0 Å². The van der Waals surface area contributed by atoms with Gasteiger partial charge in [0.05, 0.1) is 22.8 Å². The third kappa shape index (κ3) is 3.03. The third-order valence-electron chi connectivity index (χ3n) is 5.74. The SMILES string of the molecule is CN(C)c1nc(Cl)c(-c2nc3ncc(Cl)c(NC4[C@@H](C(N)=O)[C@@H]5C=C[C@H]4C5)c3[nH]2)s1. The normalized spacial score (nSPS) is 24.7. The predicted molar refractivity (Wildman–Crippen MR) is 120 cm³/mol. The number of primary amides is 1. The topological polar surface area (TPSA) is 113 Å². The largest absolute Gasteiger partial charge is 0.378 e. The first-order chi connectivity index (χ1) is 14.3. The van der Waals surface area contributed by atoms with Crippen molar-refractivity contribution in [2.75, 3.05) is 24.3 Å². The van der Waals surface area contributed by atoms with Gasteiger partial charge in [-0.05, 0) is 18.3 Å². The smallest absolute Gasteiger partial charge is 0.223 e. The zero-order chi connectivity index (χ0) is 21.2. The summed E-state index contributed by atoms with van der Waals surface area (Å²) in [7, 11) is 3.81. The first kappa shape index (κ1) is 19.6. The van der Waals surface area contributed by atoms with Gasteiger partial charge in [-0.25, -0.2) is 15.0 Å². The van der Waals surface area contributed by atoms with Crippen molar-refractivity contribution in [1.82, 2.24) is 19.9 Å². The highest BCUT2D eigenvalue weighted by Crippen LogP contribution is 2.46. The van der Waals surface area contributed by atoms with Crippen molar-refractivity contribution in [3.8, 4) is 10.7 Å². The van der Waals surface area contributed by atoms with E-state index in [4.69, 9.17) is 28.9 Å². The van der Waals surface area contributed by atoms with Crippen molar-refractivity contribution in [1.29, 1.82) is 0 Å². The Bertz CT molecular complexity index is 1190. The number of nitrogens with one attached hydrogen (secondary N) is 2. The Morgan fingerprint density at radius 2 is 2.07 bits per heavy atom. The number of anilines is 2. The highest BCUT2D eigenvalue weighted by Gasteiger charge is 2.47. The number of aromatic nitrogens is 4. The quantitative estimate of drug-likeness (QED) is 0.498. The van der Waals surface area contributed by atoms with Crippen molar-refractivity contribution in [3.05, 3.63) is 28.5 Å². The lowest BCUT2D eigenvalue weighted by Crippen LogP contribution is -2.41. The van der Waals surface area contributed by atoms with E-state index in [2.05, 4.69) is 37.4 Å². The summed E-state index contributed by atoms with van der Waals surface area (Å²) >= 11 is 14.3. The molecule has 4 atom stereocenters. The molecule has 1 unspecified atom stereocenters. The van der Waals surface area contributed by atoms with Crippen LogP contribution in [0, 0.1) is 17.8 Å². The van der Waals surface area contributed by atoms with E-state index in [1.54, 1.807) is 6.20 Å². The van der Waals surface area contributed by atoms with E-state index in [-0.39, 0.29) is 29.7 Å². The number of imidazole rings is 1. The van der Waals surface area contributed by atoms with Gasteiger partial charge < -0.3 is 20.9 Å². The molecule has 2 aliphatic rings. The van der Waals surface area contributed by atoms with Crippen LogP contribution in [0.4, 0.5) is 10.8 Å². The lowest BCUT2D eigenvalue weighted by atomic mass is 9.88. The molecule has 3 aromatic rings. The maximum atomic E-state index is 12.1. The molecule has 0 saturated heterocycles. The monoisotopic (exact) mass is 463 g/mol. The second kappa shape index (κ2) is 7.11. The van der Waals surface area contributed by atoms with E-state index >= 15 is 0 Å². The Kier molecular flexibility index (Phi) is 4.64. The Hall–Kier alpha value is -2.36. The second-order valence-electron chi connectivity index (χ2n) is 7.82. The number of H-pyrrole nitrogens is 1. The van der Waals surface area contributed by atoms with Crippen LogP contribution < -0.4 is 16.0 Å². The number of aromatic amines is 1. The molecule has 2 bridgehead atoms. The van der Waals surface area contributed by atoms with Gasteiger partial charge in [-0.15, -0.1) is 0 Å². The predicted octanol–water partition coefficient (Wildman–Crippen LogP) is 3.54. The van der Waals surface area contributed by atoms with Crippen LogP contribution in [0.25, 0.3) is 21.9 Å². The molecule has 2 aliphatic carbocycles. The number of hydrogen-bond acceptors (Lipinski definition) is 7. The van der Waals surface area contributed by atoms with Crippen molar-refractivity contribution < 1.29 is 4.79 Å². The zero-order valence-electron chi connectivity index (χ0n) is 16.2. The first-order valence-corrected chi connectivity index (χ1v) is 11.0. The number of amides is 1. The van der Waals surface area contributed by atoms with E-state index in [1.807, 2.05) is 19.0 Å². The Balaban J connectivity index is 1.56. The number of hydrogen-bond donors (Lipinski definition) is 3. The molecule has 8 nitrogen and oxygen atoms in total. The van der Waals surface area contributed by atoms with E-state index in [0.717, 1.165) is 16.4 Å². The van der Waals surface area contributed by atoms with Crippen molar-refractivity contribution in [2.45, 2.75) is 12.5 Å². The van der Waals surface area contributed by atoms with Gasteiger partial charge in [-0.2, -0.15) is 0 Å². The number of fused-ring (bicyclic) bond motifs is 3. The molecule has 30 heavy (non-hydrogen) atoms.